The van der Waals surface area contributed by atoms with Gasteiger partial charge in [-0.05, 0) is 58.9 Å². The highest BCUT2D eigenvalue weighted by atomic mass is 35.5. The maximum absolute atomic E-state index is 6.47. The van der Waals surface area contributed by atoms with Gasteiger partial charge < -0.3 is 12.3 Å². The Morgan fingerprint density at radius 1 is 0.700 bits per heavy atom. The highest BCUT2D eigenvalue weighted by Gasteiger charge is 2.49. The van der Waals surface area contributed by atoms with Crippen LogP contribution in [0.2, 0.25) is 65.0 Å². The molecule has 0 spiro atoms. The fourth-order valence-corrected chi connectivity index (χ4v) is 16.2. The van der Waals surface area contributed by atoms with Crippen molar-refractivity contribution in [2.24, 2.45) is 0 Å². The lowest BCUT2D eigenvalue weighted by Gasteiger charge is -2.42. The van der Waals surface area contributed by atoms with Crippen molar-refractivity contribution in [1.29, 1.82) is 0 Å². The second kappa shape index (κ2) is 7.36. The van der Waals surface area contributed by atoms with E-state index in [2.05, 4.69) is 58.9 Å². The highest BCUT2D eigenvalue weighted by molar-refractivity contribution is 6.90. The fraction of sp³-hybridized carbons (Fsp3) is 0.833. The van der Waals surface area contributed by atoms with Crippen molar-refractivity contribution in [2.45, 2.75) is 65.0 Å². The zero-order chi connectivity index (χ0) is 16.2. The molecule has 3 nitrogen and oxygen atoms in total. The summed E-state index contributed by atoms with van der Waals surface area (Å²) in [5, 5.41) is 0. The van der Waals surface area contributed by atoms with Gasteiger partial charge in [0.25, 0.3) is 0 Å². The van der Waals surface area contributed by atoms with Gasteiger partial charge in [0, 0.05) is 11.6 Å². The van der Waals surface area contributed by atoms with Crippen LogP contribution in [0.15, 0.2) is 11.6 Å². The summed E-state index contributed by atoms with van der Waals surface area (Å²) in [6, 6.07) is 0.662. The molecule has 0 aliphatic carbocycles. The minimum atomic E-state index is -2.71. The van der Waals surface area contributed by atoms with Crippen LogP contribution in [0.1, 0.15) is 0 Å². The van der Waals surface area contributed by atoms with Crippen LogP contribution in [0.5, 0.6) is 0 Å². The lowest BCUT2D eigenvalue weighted by molar-refractivity contribution is 0.257. The van der Waals surface area contributed by atoms with Gasteiger partial charge in [-0.2, -0.15) is 0 Å². The summed E-state index contributed by atoms with van der Waals surface area (Å²) >= 11 is 5.73. The van der Waals surface area contributed by atoms with Crippen molar-refractivity contribution in [3.8, 4) is 0 Å². The minimum absolute atomic E-state index is 0.662. The highest BCUT2D eigenvalue weighted by Crippen LogP contribution is 2.29. The molecule has 0 aliphatic rings. The normalized spacial score (nSPS) is 15.1. The molecule has 0 saturated carbocycles. The Balaban J connectivity index is 5.50. The maximum Gasteiger partial charge on any atom is 0.473 e. The first-order valence-electron chi connectivity index (χ1n) is 7.04. The van der Waals surface area contributed by atoms with E-state index in [1.807, 2.05) is 6.08 Å². The summed E-state index contributed by atoms with van der Waals surface area (Å²) in [6.45, 7) is 19.6. The standard InChI is InChI=1S/C12H31ClO3Si4/c1-17(2,3)14-20(12-10-11-13,15-18(4,5)6)16-19(7,8)9/h10-11H,12H2,1-9H3. The van der Waals surface area contributed by atoms with Gasteiger partial charge in [0.1, 0.15) is 0 Å². The molecule has 0 atom stereocenters. The molecule has 120 valence electrons. The van der Waals surface area contributed by atoms with E-state index < -0.39 is 33.8 Å². The fourth-order valence-electron chi connectivity index (χ4n) is 1.78. The number of rotatable bonds is 8. The molecule has 0 saturated heterocycles. The number of hydrogen-bond acceptors (Lipinski definition) is 3. The average Bonchev–Trinajstić information content (AvgIpc) is 2.05. The van der Waals surface area contributed by atoms with Crippen LogP contribution in [0.25, 0.3) is 0 Å². The van der Waals surface area contributed by atoms with Crippen LogP contribution < -0.4 is 0 Å². The smallest absolute Gasteiger partial charge is 0.417 e. The number of allylic oxidation sites excluding steroid dienone is 1. The molecule has 0 rings (SSSR count). The first-order chi connectivity index (χ1) is 8.68. The monoisotopic (exact) mass is 370 g/mol. The molecule has 0 heterocycles. The predicted molar refractivity (Wildman–Crippen MR) is 98.8 cm³/mol. The average molecular weight is 371 g/mol. The van der Waals surface area contributed by atoms with Gasteiger partial charge in [-0.1, -0.05) is 17.7 Å². The van der Waals surface area contributed by atoms with Gasteiger partial charge in [-0.15, -0.1) is 0 Å². The second-order valence-corrected chi connectivity index (χ2v) is 25.0. The van der Waals surface area contributed by atoms with Crippen molar-refractivity contribution in [1.82, 2.24) is 0 Å². The molecule has 0 amide bonds. The first-order valence-corrected chi connectivity index (χ1v) is 19.6. The lowest BCUT2D eigenvalue weighted by Crippen LogP contribution is -2.60. The molecule has 0 fully saturated rings. The Morgan fingerprint density at radius 2 is 1.00 bits per heavy atom. The molecule has 8 heteroatoms. The molecule has 20 heavy (non-hydrogen) atoms. The van der Waals surface area contributed by atoms with E-state index in [1.165, 1.54) is 5.54 Å². The van der Waals surface area contributed by atoms with E-state index in [9.17, 15) is 0 Å². The van der Waals surface area contributed by atoms with E-state index >= 15 is 0 Å². The van der Waals surface area contributed by atoms with Crippen LogP contribution in [-0.2, 0) is 12.3 Å². The number of hydrogen-bond donors (Lipinski definition) is 0. The molecule has 0 N–H and O–H groups in total. The first kappa shape index (κ1) is 20.8. The van der Waals surface area contributed by atoms with Crippen molar-refractivity contribution in [2.75, 3.05) is 0 Å². The predicted octanol–water partition coefficient (Wildman–Crippen LogP) is 5.23. The Hall–Kier alpha value is 0.778. The topological polar surface area (TPSA) is 27.7 Å². The van der Waals surface area contributed by atoms with E-state index in [0.29, 0.717) is 6.04 Å². The van der Waals surface area contributed by atoms with Crippen molar-refractivity contribution in [3.05, 3.63) is 11.6 Å². The zero-order valence-electron chi connectivity index (χ0n) is 14.5. The number of halogens is 1. The molecule has 0 unspecified atom stereocenters. The Labute approximate surface area is 134 Å². The van der Waals surface area contributed by atoms with E-state index in [0.717, 1.165) is 0 Å². The van der Waals surface area contributed by atoms with Gasteiger partial charge in [0.15, 0.2) is 25.0 Å². The third kappa shape index (κ3) is 10.5. The Kier molecular flexibility index (Phi) is 7.65. The van der Waals surface area contributed by atoms with Crippen LogP contribution in [0.4, 0.5) is 0 Å². The lowest BCUT2D eigenvalue weighted by atomic mass is 10.8. The summed E-state index contributed by atoms with van der Waals surface area (Å²) in [7, 11) is -8.00. The van der Waals surface area contributed by atoms with Crippen LogP contribution in [0, 0.1) is 0 Å². The van der Waals surface area contributed by atoms with Gasteiger partial charge in [-0.25, -0.2) is 0 Å². The molecular weight excluding hydrogens is 340 g/mol. The summed E-state index contributed by atoms with van der Waals surface area (Å²) in [6.07, 6.45) is 1.91. The summed E-state index contributed by atoms with van der Waals surface area (Å²) in [5.41, 5.74) is 1.54. The quantitative estimate of drug-likeness (QED) is 0.547. The third-order valence-corrected chi connectivity index (χ3v) is 13.8. The maximum atomic E-state index is 6.47. The summed E-state index contributed by atoms with van der Waals surface area (Å²) in [4.78, 5) is 0. The van der Waals surface area contributed by atoms with Crippen LogP contribution >= 0.6 is 11.6 Å². The Bertz CT molecular complexity index is 288. The Morgan fingerprint density at radius 3 is 1.20 bits per heavy atom. The molecule has 0 aromatic carbocycles. The molecule has 0 bridgehead atoms. The van der Waals surface area contributed by atoms with E-state index in [4.69, 9.17) is 23.9 Å². The minimum Gasteiger partial charge on any atom is -0.417 e. The van der Waals surface area contributed by atoms with Crippen LogP contribution in [0.3, 0.4) is 0 Å². The molecule has 0 aromatic heterocycles. The van der Waals surface area contributed by atoms with Gasteiger partial charge in [-0.3, -0.25) is 0 Å². The van der Waals surface area contributed by atoms with Crippen molar-refractivity contribution >= 4 is 45.4 Å². The van der Waals surface area contributed by atoms with Crippen molar-refractivity contribution in [3.63, 3.8) is 0 Å². The molecular formula is C12H31ClO3Si4. The second-order valence-electron chi connectivity index (χ2n) is 7.89. The van der Waals surface area contributed by atoms with E-state index in [1.54, 1.807) is 0 Å². The summed E-state index contributed by atoms with van der Waals surface area (Å²) < 4.78 is 19.4. The zero-order valence-corrected chi connectivity index (χ0v) is 19.2. The van der Waals surface area contributed by atoms with Gasteiger partial charge >= 0.3 is 8.80 Å². The van der Waals surface area contributed by atoms with Gasteiger partial charge in [0.05, 0.1) is 0 Å². The largest absolute Gasteiger partial charge is 0.473 e. The molecule has 0 aliphatic heterocycles. The molecule has 0 radical (unpaired) electrons. The SMILES string of the molecule is C[Si](C)(C)O[Si](CC=CCl)(O[Si](C)(C)C)O[Si](C)(C)C. The molecule has 0 aromatic rings. The van der Waals surface area contributed by atoms with Crippen molar-refractivity contribution < 1.29 is 12.3 Å². The van der Waals surface area contributed by atoms with Crippen LogP contribution in [-0.4, -0.2) is 33.8 Å². The third-order valence-electron chi connectivity index (χ3n) is 1.84. The van der Waals surface area contributed by atoms with Gasteiger partial charge in [0.2, 0.25) is 0 Å². The summed E-state index contributed by atoms with van der Waals surface area (Å²) in [5.74, 6) is 0. The van der Waals surface area contributed by atoms with E-state index in [-0.39, 0.29) is 0 Å².